The summed E-state index contributed by atoms with van der Waals surface area (Å²) in [5.74, 6) is -0.548. The molecular weight excluding hydrogens is 242 g/mol. The number of hydrogen-bond acceptors (Lipinski definition) is 6. The first-order chi connectivity index (χ1) is 8.33. The van der Waals surface area contributed by atoms with Gasteiger partial charge in [-0.3, -0.25) is 0 Å². The van der Waals surface area contributed by atoms with E-state index in [0.717, 1.165) is 5.06 Å². The molecule has 2 aliphatic rings. The van der Waals surface area contributed by atoms with E-state index in [0.29, 0.717) is 0 Å². The Morgan fingerprint density at radius 3 is 2.56 bits per heavy atom. The van der Waals surface area contributed by atoms with Gasteiger partial charge in [0.2, 0.25) is 6.29 Å². The number of carbonyl (C=O) groups excluding carboxylic acids is 2. The number of carbonyl (C=O) groups is 2. The molecule has 0 aromatic heterocycles. The van der Waals surface area contributed by atoms with Gasteiger partial charge < -0.3 is 14.2 Å². The van der Waals surface area contributed by atoms with Gasteiger partial charge in [-0.25, -0.2) is 14.4 Å². The maximum absolute atomic E-state index is 11.9. The predicted molar refractivity (Wildman–Crippen MR) is 58.2 cm³/mol. The van der Waals surface area contributed by atoms with Crippen LogP contribution in [-0.4, -0.2) is 47.8 Å². The highest BCUT2D eigenvalue weighted by Crippen LogP contribution is 2.39. The molecule has 0 aromatic carbocycles. The van der Waals surface area contributed by atoms with Crippen LogP contribution < -0.4 is 0 Å². The summed E-state index contributed by atoms with van der Waals surface area (Å²) in [4.78, 5) is 28.8. The lowest BCUT2D eigenvalue weighted by atomic mass is 10.2. The van der Waals surface area contributed by atoms with Gasteiger partial charge in [-0.05, 0) is 27.7 Å². The van der Waals surface area contributed by atoms with Crippen LogP contribution >= 0.6 is 0 Å². The van der Waals surface area contributed by atoms with Crippen molar-refractivity contribution in [2.75, 3.05) is 6.61 Å². The van der Waals surface area contributed by atoms with Crippen molar-refractivity contribution in [1.82, 2.24) is 5.06 Å². The van der Waals surface area contributed by atoms with Gasteiger partial charge in [0.15, 0.2) is 6.04 Å². The number of esters is 1. The second-order valence-electron chi connectivity index (χ2n) is 5.08. The molecule has 0 aromatic rings. The lowest BCUT2D eigenvalue weighted by Crippen LogP contribution is -2.46. The Morgan fingerprint density at radius 2 is 2.00 bits per heavy atom. The molecule has 0 spiro atoms. The van der Waals surface area contributed by atoms with Crippen LogP contribution in [0, 0.1) is 0 Å². The molecule has 2 aliphatic heterocycles. The number of rotatable bonds is 2. The molecule has 0 N–H and O–H groups in total. The molecule has 2 heterocycles. The maximum atomic E-state index is 11.9. The second-order valence-corrected chi connectivity index (χ2v) is 5.08. The Morgan fingerprint density at radius 1 is 1.33 bits per heavy atom. The summed E-state index contributed by atoms with van der Waals surface area (Å²) in [6.07, 6.45) is -1.71. The number of amides is 1. The Hall–Kier alpha value is -1.34. The molecule has 2 saturated heterocycles. The minimum atomic E-state index is -0.884. The number of nitrogens with zero attached hydrogens (tertiary/aromatic N) is 1. The minimum Gasteiger partial charge on any atom is -0.464 e. The molecule has 102 valence electrons. The Bertz CT molecular complexity index is 363. The summed E-state index contributed by atoms with van der Waals surface area (Å²) in [7, 11) is 0. The molecule has 3 atom stereocenters. The van der Waals surface area contributed by atoms with Crippen molar-refractivity contribution in [3.8, 4) is 0 Å². The third-order valence-corrected chi connectivity index (χ3v) is 2.37. The van der Waals surface area contributed by atoms with Crippen molar-refractivity contribution in [2.45, 2.75) is 51.7 Å². The minimum absolute atomic E-state index is 0.231. The van der Waals surface area contributed by atoms with E-state index in [1.165, 1.54) is 0 Å². The third-order valence-electron chi connectivity index (χ3n) is 2.37. The average molecular weight is 259 g/mol. The average Bonchev–Trinajstić information content (AvgIpc) is 2.87. The smallest absolute Gasteiger partial charge is 0.435 e. The van der Waals surface area contributed by atoms with Crippen LogP contribution in [0.2, 0.25) is 0 Å². The number of hydrogen-bond donors (Lipinski definition) is 0. The van der Waals surface area contributed by atoms with Crippen molar-refractivity contribution in [2.24, 2.45) is 0 Å². The fraction of sp³-hybridized carbons (Fsp3) is 0.818. The fourth-order valence-electron chi connectivity index (χ4n) is 1.65. The number of fused-ring (bicyclic) bond motifs is 1. The third kappa shape index (κ3) is 2.56. The molecule has 18 heavy (non-hydrogen) atoms. The molecule has 0 aliphatic carbocycles. The van der Waals surface area contributed by atoms with E-state index in [1.54, 1.807) is 27.7 Å². The molecular formula is C11H17NO6. The first kappa shape index (κ1) is 13.1. The monoisotopic (exact) mass is 259 g/mol. The lowest BCUT2D eigenvalue weighted by Gasteiger charge is -2.27. The summed E-state index contributed by atoms with van der Waals surface area (Å²) < 4.78 is 15.1. The fourth-order valence-corrected chi connectivity index (χ4v) is 1.65. The molecule has 2 fully saturated rings. The van der Waals surface area contributed by atoms with E-state index in [1.807, 2.05) is 0 Å². The summed E-state index contributed by atoms with van der Waals surface area (Å²) in [6, 6.07) is -0.884. The first-order valence-corrected chi connectivity index (χ1v) is 5.84. The Balaban J connectivity index is 2.03. The van der Waals surface area contributed by atoms with Crippen LogP contribution in [0.3, 0.4) is 0 Å². The van der Waals surface area contributed by atoms with Crippen LogP contribution in [0.25, 0.3) is 0 Å². The molecule has 0 bridgehead atoms. The molecule has 0 saturated carbocycles. The van der Waals surface area contributed by atoms with Crippen LogP contribution in [-0.2, 0) is 23.8 Å². The predicted octanol–water partition coefficient (Wildman–Crippen LogP) is 0.825. The van der Waals surface area contributed by atoms with E-state index in [2.05, 4.69) is 0 Å². The van der Waals surface area contributed by atoms with Crippen molar-refractivity contribution < 1.29 is 28.6 Å². The highest BCUT2D eigenvalue weighted by molar-refractivity contribution is 5.82. The van der Waals surface area contributed by atoms with Crippen molar-refractivity contribution in [3.05, 3.63) is 0 Å². The van der Waals surface area contributed by atoms with E-state index >= 15 is 0 Å². The highest BCUT2D eigenvalue weighted by atomic mass is 16.9. The molecule has 2 rings (SSSR count). The van der Waals surface area contributed by atoms with Crippen LogP contribution in [0.15, 0.2) is 0 Å². The van der Waals surface area contributed by atoms with Gasteiger partial charge in [0, 0.05) is 0 Å². The zero-order valence-electron chi connectivity index (χ0n) is 10.8. The maximum Gasteiger partial charge on any atom is 0.435 e. The van der Waals surface area contributed by atoms with Gasteiger partial charge in [0.05, 0.1) is 6.61 Å². The molecule has 1 amide bonds. The van der Waals surface area contributed by atoms with E-state index < -0.39 is 36.1 Å². The van der Waals surface area contributed by atoms with Gasteiger partial charge >= 0.3 is 12.1 Å². The number of hydroxylamine groups is 2. The lowest BCUT2D eigenvalue weighted by molar-refractivity contribution is -0.200. The summed E-state index contributed by atoms with van der Waals surface area (Å²) >= 11 is 0. The van der Waals surface area contributed by atoms with Gasteiger partial charge in [0.25, 0.3) is 0 Å². The van der Waals surface area contributed by atoms with Crippen molar-refractivity contribution >= 4 is 12.1 Å². The molecule has 0 radical (unpaired) electrons. The quantitative estimate of drug-likeness (QED) is 0.540. The van der Waals surface area contributed by atoms with Crippen molar-refractivity contribution in [1.29, 1.82) is 0 Å². The van der Waals surface area contributed by atoms with E-state index in [4.69, 9.17) is 19.0 Å². The summed E-state index contributed by atoms with van der Waals surface area (Å²) in [5.41, 5.74) is -0.659. The zero-order chi connectivity index (χ0) is 13.5. The zero-order valence-corrected chi connectivity index (χ0v) is 10.8. The largest absolute Gasteiger partial charge is 0.464 e. The normalized spacial score (nSPS) is 29.8. The van der Waals surface area contributed by atoms with E-state index in [9.17, 15) is 9.59 Å². The summed E-state index contributed by atoms with van der Waals surface area (Å²) in [6.45, 7) is 7.12. The molecule has 0 unspecified atom stereocenters. The highest BCUT2D eigenvalue weighted by Gasteiger charge is 2.63. The van der Waals surface area contributed by atoms with E-state index in [-0.39, 0.29) is 6.61 Å². The Labute approximate surface area is 105 Å². The van der Waals surface area contributed by atoms with Crippen LogP contribution in [0.4, 0.5) is 4.79 Å². The topological polar surface area (TPSA) is 77.6 Å². The molecule has 7 heteroatoms. The number of ether oxygens (including phenoxy) is 3. The SMILES string of the molecule is CCOC(=O)[C@@H]1[C@H]2O[C@H]2ON1C(=O)OC(C)(C)C. The Kier molecular flexibility index (Phi) is 3.20. The van der Waals surface area contributed by atoms with Crippen LogP contribution in [0.5, 0.6) is 0 Å². The molecule has 7 nitrogen and oxygen atoms in total. The standard InChI is InChI=1S/C11H17NO6/c1-5-15-8(13)6-7-9(16-7)18-12(6)10(14)17-11(2,3)4/h6-7,9H,5H2,1-4H3/t6-,7+,9-/m0/s1. The first-order valence-electron chi connectivity index (χ1n) is 5.84. The second kappa shape index (κ2) is 4.40. The van der Waals surface area contributed by atoms with Gasteiger partial charge in [-0.1, -0.05) is 0 Å². The van der Waals surface area contributed by atoms with Crippen molar-refractivity contribution in [3.63, 3.8) is 0 Å². The summed E-state index contributed by atoms with van der Waals surface area (Å²) in [5, 5.41) is 0.905. The van der Waals surface area contributed by atoms with Gasteiger partial charge in [0.1, 0.15) is 11.7 Å². The number of epoxide rings is 1. The van der Waals surface area contributed by atoms with Crippen LogP contribution in [0.1, 0.15) is 27.7 Å². The van der Waals surface area contributed by atoms with Gasteiger partial charge in [-0.2, -0.15) is 5.06 Å². The van der Waals surface area contributed by atoms with Gasteiger partial charge in [-0.15, -0.1) is 0 Å².